The lowest BCUT2D eigenvalue weighted by molar-refractivity contribution is -0.144. The van der Waals surface area contributed by atoms with Crippen LogP contribution in [0.1, 0.15) is 77.5 Å². The molecular weight excluding hydrogens is 646 g/mol. The quantitative estimate of drug-likeness (QED) is 0.362. The summed E-state index contributed by atoms with van der Waals surface area (Å²) in [5.41, 5.74) is 1.47. The molecule has 1 aromatic heterocycles. The Kier molecular flexibility index (Phi) is 7.98. The van der Waals surface area contributed by atoms with Gasteiger partial charge in [-0.25, -0.2) is 14.4 Å². The van der Waals surface area contributed by atoms with Gasteiger partial charge in [0, 0.05) is 48.2 Å². The molecule has 2 aromatic rings. The number of hydrogen-bond donors (Lipinski definition) is 1. The number of rotatable bonds is 5. The average Bonchev–Trinajstić information content (AvgIpc) is 3.32. The lowest BCUT2D eigenvalue weighted by atomic mass is 9.81. The van der Waals surface area contributed by atoms with E-state index in [0.717, 1.165) is 30.5 Å². The maximum Gasteiger partial charge on any atom is 0.263 e. The summed E-state index contributed by atoms with van der Waals surface area (Å²) >= 11 is 13.6. The van der Waals surface area contributed by atoms with Crippen molar-refractivity contribution in [2.24, 2.45) is 10.9 Å². The maximum absolute atomic E-state index is 15.0. The molecule has 1 spiro atoms. The summed E-state index contributed by atoms with van der Waals surface area (Å²) in [4.78, 5) is 44.8. The van der Waals surface area contributed by atoms with Crippen LogP contribution in [0.5, 0.6) is 0 Å². The molecule has 2 amide bonds. The van der Waals surface area contributed by atoms with E-state index in [-0.39, 0.29) is 40.4 Å². The van der Waals surface area contributed by atoms with Crippen molar-refractivity contribution in [2.75, 3.05) is 13.1 Å². The number of piperazine rings is 1. The van der Waals surface area contributed by atoms with Crippen molar-refractivity contribution < 1.29 is 14.0 Å². The van der Waals surface area contributed by atoms with E-state index in [2.05, 4.69) is 36.0 Å². The Morgan fingerprint density at radius 1 is 1.13 bits per heavy atom. The zero-order valence-corrected chi connectivity index (χ0v) is 29.0. The fourth-order valence-electron chi connectivity index (χ4n) is 7.88. The molecule has 2 saturated heterocycles. The topological polar surface area (TPSA) is 81.1 Å². The molecule has 0 bridgehead atoms. The van der Waals surface area contributed by atoms with Crippen LogP contribution in [-0.4, -0.2) is 73.4 Å². The highest BCUT2D eigenvalue weighted by Crippen LogP contribution is 2.56. The van der Waals surface area contributed by atoms with Gasteiger partial charge in [0.2, 0.25) is 5.91 Å². The normalized spacial score (nSPS) is 30.0. The van der Waals surface area contributed by atoms with Crippen LogP contribution in [0.3, 0.4) is 0 Å². The molecule has 4 aliphatic heterocycles. The van der Waals surface area contributed by atoms with E-state index in [4.69, 9.17) is 28.2 Å². The van der Waals surface area contributed by atoms with Crippen molar-refractivity contribution >= 4 is 51.9 Å². The summed E-state index contributed by atoms with van der Waals surface area (Å²) in [5.74, 6) is -0.693. The zero-order chi connectivity index (χ0) is 32.7. The number of amidine groups is 1. The SMILES string of the molecule is CC(C)C1=C(C(=O)N2[C@H](C)CC[C@H]2C(=O)N2C[C@H](C)NC3(CC3)C2)SC2=N[C@@](C)(c3ccc(Cl)nc3)[C@@H](c3ccc(Cl)c(F)c3)N21. The van der Waals surface area contributed by atoms with Crippen LogP contribution in [0.2, 0.25) is 10.2 Å². The Morgan fingerprint density at radius 3 is 2.54 bits per heavy atom. The molecule has 5 heterocycles. The van der Waals surface area contributed by atoms with Gasteiger partial charge in [-0.1, -0.05) is 49.2 Å². The lowest BCUT2D eigenvalue weighted by Crippen LogP contribution is -2.61. The summed E-state index contributed by atoms with van der Waals surface area (Å²) in [6.45, 7) is 11.6. The Balaban J connectivity index is 1.27. The number of halogens is 3. The van der Waals surface area contributed by atoms with Crippen molar-refractivity contribution in [1.82, 2.24) is 25.0 Å². The maximum atomic E-state index is 15.0. The zero-order valence-electron chi connectivity index (χ0n) is 26.7. The van der Waals surface area contributed by atoms with E-state index in [1.165, 1.54) is 17.8 Å². The van der Waals surface area contributed by atoms with Crippen LogP contribution in [0, 0.1) is 11.7 Å². The third kappa shape index (κ3) is 5.24. The number of allylic oxidation sites excluding steroid dienone is 1. The summed E-state index contributed by atoms with van der Waals surface area (Å²) < 4.78 is 15.0. The number of carbonyl (C=O) groups excluding carboxylic acids is 2. The Labute approximate surface area is 283 Å². The van der Waals surface area contributed by atoms with Crippen LogP contribution in [0.4, 0.5) is 4.39 Å². The number of aromatic nitrogens is 1. The van der Waals surface area contributed by atoms with Crippen LogP contribution in [0.15, 0.2) is 52.1 Å². The Hall–Kier alpha value is -2.66. The lowest BCUT2D eigenvalue weighted by Gasteiger charge is -2.41. The van der Waals surface area contributed by atoms with Gasteiger partial charge < -0.3 is 20.0 Å². The second-order valence-corrected chi connectivity index (χ2v) is 15.8. The van der Waals surface area contributed by atoms with Gasteiger partial charge in [-0.15, -0.1) is 0 Å². The van der Waals surface area contributed by atoms with Crippen molar-refractivity contribution in [3.63, 3.8) is 0 Å². The molecule has 5 atom stereocenters. The minimum absolute atomic E-state index is 0.0340. The number of amides is 2. The van der Waals surface area contributed by atoms with E-state index in [0.29, 0.717) is 40.3 Å². The summed E-state index contributed by atoms with van der Waals surface area (Å²) in [6.07, 6.45) is 5.27. The van der Waals surface area contributed by atoms with Gasteiger partial charge in [-0.3, -0.25) is 9.59 Å². The van der Waals surface area contributed by atoms with E-state index < -0.39 is 23.4 Å². The number of likely N-dealkylation sites (tertiary alicyclic amines) is 1. The molecule has 46 heavy (non-hydrogen) atoms. The smallest absolute Gasteiger partial charge is 0.263 e. The third-order valence-corrected chi connectivity index (χ3v) is 11.8. The molecule has 244 valence electrons. The van der Waals surface area contributed by atoms with Gasteiger partial charge in [0.05, 0.1) is 11.1 Å². The molecule has 1 saturated carbocycles. The summed E-state index contributed by atoms with van der Waals surface area (Å²) in [7, 11) is 0. The monoisotopic (exact) mass is 684 g/mol. The predicted octanol–water partition coefficient (Wildman–Crippen LogP) is 6.50. The van der Waals surface area contributed by atoms with Gasteiger partial charge in [0.1, 0.15) is 27.5 Å². The minimum atomic E-state index is -0.869. The molecule has 1 N–H and O–H groups in total. The highest BCUT2D eigenvalue weighted by atomic mass is 35.5. The van der Waals surface area contributed by atoms with Crippen LogP contribution in [-0.2, 0) is 15.1 Å². The summed E-state index contributed by atoms with van der Waals surface area (Å²) in [5, 5.41) is 4.73. The highest BCUT2D eigenvalue weighted by Gasteiger charge is 2.55. The van der Waals surface area contributed by atoms with Crippen LogP contribution >= 0.6 is 35.0 Å². The molecule has 1 aliphatic carbocycles. The molecule has 5 aliphatic rings. The minimum Gasteiger partial charge on any atom is -0.338 e. The number of pyridine rings is 1. The summed E-state index contributed by atoms with van der Waals surface area (Å²) in [6, 6.07) is 7.58. The first-order chi connectivity index (χ1) is 21.8. The fourth-order valence-corrected chi connectivity index (χ4v) is 9.46. The van der Waals surface area contributed by atoms with E-state index >= 15 is 4.39 Å². The number of benzene rings is 1. The predicted molar refractivity (Wildman–Crippen MR) is 180 cm³/mol. The largest absolute Gasteiger partial charge is 0.338 e. The van der Waals surface area contributed by atoms with Crippen molar-refractivity contribution in [2.45, 2.75) is 95.5 Å². The fraction of sp³-hybridized carbons (Fsp3) is 0.529. The molecule has 0 radical (unpaired) electrons. The van der Waals surface area contributed by atoms with Gasteiger partial charge in [0.15, 0.2) is 5.17 Å². The van der Waals surface area contributed by atoms with E-state index in [9.17, 15) is 9.59 Å². The van der Waals surface area contributed by atoms with Crippen LogP contribution in [0.25, 0.3) is 0 Å². The first-order valence-electron chi connectivity index (χ1n) is 16.1. The number of fused-ring (bicyclic) bond motifs is 1. The molecule has 0 unspecified atom stereocenters. The molecule has 3 fully saturated rings. The number of thioether (sulfide) groups is 1. The second kappa shape index (κ2) is 11.5. The number of nitrogens with zero attached hydrogens (tertiary/aromatic N) is 5. The molecule has 12 heteroatoms. The average molecular weight is 686 g/mol. The van der Waals surface area contributed by atoms with E-state index in [1.54, 1.807) is 18.3 Å². The van der Waals surface area contributed by atoms with Gasteiger partial charge >= 0.3 is 0 Å². The van der Waals surface area contributed by atoms with E-state index in [1.807, 2.05) is 35.8 Å². The number of nitrogens with one attached hydrogen (secondary N) is 1. The second-order valence-electron chi connectivity index (χ2n) is 14.0. The van der Waals surface area contributed by atoms with Gasteiger partial charge in [0.25, 0.3) is 5.91 Å². The number of aliphatic imine (C=N–C) groups is 1. The molecule has 8 nitrogen and oxygen atoms in total. The van der Waals surface area contributed by atoms with Crippen molar-refractivity contribution in [1.29, 1.82) is 0 Å². The van der Waals surface area contributed by atoms with Gasteiger partial charge in [-0.2, -0.15) is 0 Å². The van der Waals surface area contributed by atoms with Crippen LogP contribution < -0.4 is 5.32 Å². The standard InChI is InChI=1S/C34H39Cl2FN6O2S/c1-18(2)27-28(31(45)42-20(4)6-10-25(42)30(44)41-16-19(3)39-34(17-41)12-13-34)46-32-40-33(5,22-8-11-26(36)38-15-22)29(43(27)32)21-7-9-23(35)24(37)14-21/h7-9,11,14-15,18-20,25,29,39H,6,10,12-13,16-17H2,1-5H3/t19-,20+,25-,29+,33-/m0/s1. The first kappa shape index (κ1) is 31.9. The first-order valence-corrected chi connectivity index (χ1v) is 17.7. The number of carbonyl (C=O) groups is 2. The van der Waals surface area contributed by atoms with Gasteiger partial charge in [-0.05, 0) is 87.9 Å². The number of hydrogen-bond acceptors (Lipinski definition) is 7. The molecule has 7 rings (SSSR count). The molecular formula is C34H39Cl2FN6O2S. The van der Waals surface area contributed by atoms with Crippen molar-refractivity contribution in [3.8, 4) is 0 Å². The third-order valence-electron chi connectivity index (χ3n) is 10.2. The van der Waals surface area contributed by atoms with Crippen molar-refractivity contribution in [3.05, 3.63) is 74.3 Å². The highest BCUT2D eigenvalue weighted by molar-refractivity contribution is 8.18. The Bertz CT molecular complexity index is 1660. The Morgan fingerprint density at radius 2 is 1.89 bits per heavy atom. The molecule has 1 aromatic carbocycles.